The van der Waals surface area contributed by atoms with Crippen LogP contribution >= 0.6 is 23.1 Å². The predicted octanol–water partition coefficient (Wildman–Crippen LogP) is 4.68. The second-order valence-electron chi connectivity index (χ2n) is 8.37. The van der Waals surface area contributed by atoms with Gasteiger partial charge in [0.15, 0.2) is 11.1 Å². The van der Waals surface area contributed by atoms with Crippen LogP contribution in [0.3, 0.4) is 0 Å². The van der Waals surface area contributed by atoms with Crippen molar-refractivity contribution in [2.75, 3.05) is 50.6 Å². The molecule has 1 fully saturated rings. The van der Waals surface area contributed by atoms with Gasteiger partial charge in [0.25, 0.3) is 0 Å². The summed E-state index contributed by atoms with van der Waals surface area (Å²) in [6.07, 6.45) is 5.02. The number of hydrogen-bond acceptors (Lipinski definition) is 10. The van der Waals surface area contributed by atoms with E-state index in [4.69, 9.17) is 9.47 Å². The van der Waals surface area contributed by atoms with E-state index in [9.17, 15) is 0 Å². The van der Waals surface area contributed by atoms with Crippen LogP contribution in [0.5, 0.6) is 5.75 Å². The minimum Gasteiger partial charge on any atom is -0.492 e. The molecule has 2 aliphatic heterocycles. The number of rotatable bonds is 12. The topological polar surface area (TPSA) is 83.4 Å². The number of guanidine groups is 1. The van der Waals surface area contributed by atoms with Crippen molar-refractivity contribution in [2.24, 2.45) is 9.98 Å². The molecule has 2 aliphatic rings. The van der Waals surface area contributed by atoms with Crippen molar-refractivity contribution in [1.29, 1.82) is 0 Å². The number of hydrogen-bond donors (Lipinski definition) is 2. The summed E-state index contributed by atoms with van der Waals surface area (Å²) in [5.74, 6) is 2.18. The minimum atomic E-state index is 0.509. The van der Waals surface area contributed by atoms with Crippen molar-refractivity contribution >= 4 is 46.6 Å². The van der Waals surface area contributed by atoms with Crippen molar-refractivity contribution in [3.8, 4) is 5.75 Å². The van der Waals surface area contributed by atoms with E-state index in [-0.39, 0.29) is 0 Å². The zero-order valence-electron chi connectivity index (χ0n) is 20.1. The largest absolute Gasteiger partial charge is 0.492 e. The van der Waals surface area contributed by atoms with E-state index in [0.717, 1.165) is 66.5 Å². The first-order chi connectivity index (χ1) is 17.3. The molecular formula is C25H34N6O2S2. The van der Waals surface area contributed by atoms with Gasteiger partial charge in [-0.05, 0) is 56.8 Å². The molecule has 2 N–H and O–H groups in total. The quantitative estimate of drug-likeness (QED) is 0.242. The predicted molar refractivity (Wildman–Crippen MR) is 148 cm³/mol. The number of aliphatic imine (C=N–C) groups is 2. The summed E-state index contributed by atoms with van der Waals surface area (Å²) in [5, 5.41) is 11.1. The lowest BCUT2D eigenvalue weighted by Gasteiger charge is -2.26. The second kappa shape index (κ2) is 14.2. The Kier molecular flexibility index (Phi) is 10.4. The highest BCUT2D eigenvalue weighted by atomic mass is 32.2. The van der Waals surface area contributed by atoms with Crippen molar-refractivity contribution in [1.82, 2.24) is 15.2 Å². The Morgan fingerprint density at radius 3 is 3.03 bits per heavy atom. The SMILES string of the molecule is C=N/C(=C\SCOCc1cccc(OCCN2CCCCC2)c1)c1csc(NC2=NCCCN2)n1. The summed E-state index contributed by atoms with van der Waals surface area (Å²) >= 11 is 3.05. The first-order valence-corrected chi connectivity index (χ1v) is 14.0. The lowest BCUT2D eigenvalue weighted by atomic mass is 10.1. The van der Waals surface area contributed by atoms with Crippen LogP contribution in [0.15, 0.2) is 45.0 Å². The third-order valence-corrected chi connectivity index (χ3v) is 7.15. The number of nitrogens with zero attached hydrogens (tertiary/aromatic N) is 4. The summed E-state index contributed by atoms with van der Waals surface area (Å²) in [7, 11) is 0. The molecule has 0 bridgehead atoms. The zero-order chi connectivity index (χ0) is 24.1. The third kappa shape index (κ3) is 8.64. The summed E-state index contributed by atoms with van der Waals surface area (Å²) in [5.41, 5.74) is 2.61. The van der Waals surface area contributed by atoms with Crippen LogP contribution in [0, 0.1) is 0 Å². The molecule has 2 aromatic rings. The van der Waals surface area contributed by atoms with Gasteiger partial charge < -0.3 is 20.1 Å². The lowest BCUT2D eigenvalue weighted by Crippen LogP contribution is -2.35. The van der Waals surface area contributed by atoms with Gasteiger partial charge in [0.2, 0.25) is 0 Å². The number of piperidine rings is 1. The molecule has 4 rings (SSSR count). The number of likely N-dealkylation sites (tertiary alicyclic amines) is 1. The number of thiazole rings is 1. The van der Waals surface area contributed by atoms with E-state index in [2.05, 4.69) is 49.4 Å². The normalized spacial score (nSPS) is 16.9. The Hall–Kier alpha value is -2.40. The second-order valence-corrected chi connectivity index (χ2v) is 10.0. The molecule has 0 spiro atoms. The highest BCUT2D eigenvalue weighted by molar-refractivity contribution is 8.02. The molecule has 8 nitrogen and oxygen atoms in total. The molecule has 1 aromatic heterocycles. The first-order valence-electron chi connectivity index (χ1n) is 12.1. The molecule has 1 saturated heterocycles. The molecule has 3 heterocycles. The maximum Gasteiger partial charge on any atom is 0.197 e. The number of ether oxygens (including phenoxy) is 2. The van der Waals surface area contributed by atoms with Gasteiger partial charge in [-0.2, -0.15) is 0 Å². The Morgan fingerprint density at radius 1 is 1.29 bits per heavy atom. The average Bonchev–Trinajstić information content (AvgIpc) is 3.36. The Morgan fingerprint density at radius 2 is 2.20 bits per heavy atom. The maximum absolute atomic E-state index is 5.97. The maximum atomic E-state index is 5.97. The average molecular weight is 515 g/mol. The van der Waals surface area contributed by atoms with Gasteiger partial charge >= 0.3 is 0 Å². The van der Waals surface area contributed by atoms with E-state index in [1.807, 2.05) is 22.9 Å². The van der Waals surface area contributed by atoms with Crippen molar-refractivity contribution in [3.63, 3.8) is 0 Å². The highest BCUT2D eigenvalue weighted by Crippen LogP contribution is 2.25. The van der Waals surface area contributed by atoms with Crippen molar-refractivity contribution < 1.29 is 9.47 Å². The van der Waals surface area contributed by atoms with Gasteiger partial charge in [-0.1, -0.05) is 18.6 Å². The number of aromatic nitrogens is 1. The van der Waals surface area contributed by atoms with Gasteiger partial charge in [-0.3, -0.25) is 14.9 Å². The third-order valence-electron chi connectivity index (χ3n) is 5.70. The van der Waals surface area contributed by atoms with Crippen LogP contribution in [0.25, 0.3) is 5.70 Å². The van der Waals surface area contributed by atoms with E-state index in [1.165, 1.54) is 55.5 Å². The number of nitrogens with one attached hydrogen (secondary N) is 2. The lowest BCUT2D eigenvalue weighted by molar-refractivity contribution is 0.168. The van der Waals surface area contributed by atoms with E-state index < -0.39 is 0 Å². The standard InChI is InChI=1S/C25H34N6O2S2/c1-26-22(23-18-35-25(29-23)30-24-27-9-6-10-28-24)17-34-19-32-16-20-7-5-8-21(15-20)33-14-13-31-11-3-2-4-12-31/h5,7-8,15,17-18H,1-4,6,9-14,16,19H2,(H2,27,28,29,30)/b22-17-. The van der Waals surface area contributed by atoms with Gasteiger partial charge in [0, 0.05) is 30.4 Å². The van der Waals surface area contributed by atoms with Crippen LogP contribution in [0.1, 0.15) is 36.9 Å². The molecule has 0 aliphatic carbocycles. The molecule has 1 aromatic carbocycles. The molecule has 188 valence electrons. The van der Waals surface area contributed by atoms with E-state index in [0.29, 0.717) is 12.5 Å². The molecule has 0 amide bonds. The van der Waals surface area contributed by atoms with Crippen LogP contribution in [0.2, 0.25) is 0 Å². The molecule has 0 radical (unpaired) electrons. The van der Waals surface area contributed by atoms with Crippen LogP contribution in [0.4, 0.5) is 5.13 Å². The van der Waals surface area contributed by atoms with E-state index in [1.54, 1.807) is 0 Å². The Labute approximate surface area is 215 Å². The minimum absolute atomic E-state index is 0.509. The van der Waals surface area contributed by atoms with E-state index >= 15 is 0 Å². The number of anilines is 1. The summed E-state index contributed by atoms with van der Waals surface area (Å²) in [4.78, 5) is 15.6. The molecule has 0 atom stereocenters. The van der Waals surface area contributed by atoms with Gasteiger partial charge in [-0.15, -0.1) is 23.1 Å². The number of benzene rings is 1. The fourth-order valence-electron chi connectivity index (χ4n) is 3.87. The summed E-state index contributed by atoms with van der Waals surface area (Å²) in [6, 6.07) is 8.14. The summed E-state index contributed by atoms with van der Waals surface area (Å²) < 4.78 is 11.8. The highest BCUT2D eigenvalue weighted by Gasteiger charge is 2.11. The Balaban J connectivity index is 1.17. The molecular weight excluding hydrogens is 480 g/mol. The fourth-order valence-corrected chi connectivity index (χ4v) is 5.17. The Bertz CT molecular complexity index is 1000. The molecule has 0 saturated carbocycles. The fraction of sp³-hybridized carbons (Fsp3) is 0.480. The van der Waals surface area contributed by atoms with Gasteiger partial charge in [0.1, 0.15) is 18.1 Å². The van der Waals surface area contributed by atoms with Crippen LogP contribution in [-0.4, -0.2) is 67.8 Å². The molecule has 35 heavy (non-hydrogen) atoms. The zero-order valence-corrected chi connectivity index (χ0v) is 21.7. The van der Waals surface area contributed by atoms with Gasteiger partial charge in [-0.25, -0.2) is 4.98 Å². The number of thioether (sulfide) groups is 1. The van der Waals surface area contributed by atoms with Gasteiger partial charge in [0.05, 0.1) is 18.2 Å². The first kappa shape index (κ1) is 25.7. The smallest absolute Gasteiger partial charge is 0.197 e. The molecule has 0 unspecified atom stereocenters. The van der Waals surface area contributed by atoms with Crippen molar-refractivity contribution in [2.45, 2.75) is 32.3 Å². The van der Waals surface area contributed by atoms with Crippen LogP contribution < -0.4 is 15.4 Å². The van der Waals surface area contributed by atoms with Crippen molar-refractivity contribution in [3.05, 3.63) is 46.3 Å². The molecule has 10 heteroatoms. The van der Waals surface area contributed by atoms with Crippen LogP contribution in [-0.2, 0) is 11.3 Å². The summed E-state index contributed by atoms with van der Waals surface area (Å²) in [6.45, 7) is 10.1. The monoisotopic (exact) mass is 514 g/mol.